The lowest BCUT2D eigenvalue weighted by molar-refractivity contribution is -0.175. The number of carboxylic acid groups (broad SMARTS) is 1. The highest BCUT2D eigenvalue weighted by Gasteiger charge is 2.37. The Morgan fingerprint density at radius 1 is 1.27 bits per heavy atom. The lowest BCUT2D eigenvalue weighted by atomic mass is 10.0. The van der Waals surface area contributed by atoms with Gasteiger partial charge >= 0.3 is 5.97 Å². The molecule has 0 saturated carbocycles. The molecule has 9 nitrogen and oxygen atoms in total. The highest BCUT2D eigenvalue weighted by Crippen LogP contribution is 2.08. The molecule has 0 fully saturated rings. The second-order valence-corrected chi connectivity index (χ2v) is 2.61. The quantitative estimate of drug-likeness (QED) is 0.218. The van der Waals surface area contributed by atoms with E-state index in [4.69, 9.17) is 16.1 Å². The number of aldehydes is 1. The van der Waals surface area contributed by atoms with E-state index in [9.17, 15) is 14.7 Å². The Balaban J connectivity index is 4.64. The Morgan fingerprint density at radius 3 is 2.07 bits per heavy atom. The van der Waals surface area contributed by atoms with Gasteiger partial charge < -0.3 is 20.1 Å². The number of nitrogens with two attached hydrogens (primary N) is 2. The third kappa shape index (κ3) is 3.51. The summed E-state index contributed by atoms with van der Waals surface area (Å²) in [6, 6.07) is 0. The molecule has 4 atom stereocenters. The van der Waals surface area contributed by atoms with Crippen molar-refractivity contribution >= 4 is 12.3 Å². The zero-order valence-corrected chi connectivity index (χ0v) is 7.52. The fourth-order valence-corrected chi connectivity index (χ4v) is 0.865. The maximum absolute atomic E-state index is 10.4. The van der Waals surface area contributed by atoms with Crippen molar-refractivity contribution in [1.82, 2.24) is 0 Å². The highest BCUT2D eigenvalue weighted by molar-refractivity contribution is 5.73. The van der Waals surface area contributed by atoms with E-state index in [0.29, 0.717) is 0 Å². The molecule has 9 heteroatoms. The Hall–Kier alpha value is -1.10. The molecular formula is C6H12N2O7. The number of hydrogen-bond donors (Lipinski definition) is 5. The molecule has 0 rings (SSSR count). The average Bonchev–Trinajstić information content (AvgIpc) is 2.23. The van der Waals surface area contributed by atoms with Gasteiger partial charge in [-0.1, -0.05) is 0 Å². The monoisotopic (exact) mass is 224 g/mol. The van der Waals surface area contributed by atoms with Gasteiger partial charge in [0.2, 0.25) is 0 Å². The fourth-order valence-electron chi connectivity index (χ4n) is 0.865. The predicted molar refractivity (Wildman–Crippen MR) is 43.8 cm³/mol. The normalized spacial score (nSPS) is 18.9. The van der Waals surface area contributed by atoms with Crippen LogP contribution in [0.2, 0.25) is 0 Å². The van der Waals surface area contributed by atoms with Crippen molar-refractivity contribution in [2.24, 2.45) is 11.8 Å². The van der Waals surface area contributed by atoms with Crippen LogP contribution in [0.4, 0.5) is 0 Å². The molecule has 7 N–H and O–H groups in total. The van der Waals surface area contributed by atoms with E-state index < -0.39 is 30.4 Å². The summed E-state index contributed by atoms with van der Waals surface area (Å²) in [6.45, 7) is 0. The van der Waals surface area contributed by atoms with Gasteiger partial charge in [-0.05, 0) is 0 Å². The number of aliphatic hydroxyl groups is 2. The van der Waals surface area contributed by atoms with E-state index >= 15 is 0 Å². The maximum atomic E-state index is 10.4. The van der Waals surface area contributed by atoms with Gasteiger partial charge in [0.1, 0.15) is 12.2 Å². The first kappa shape index (κ1) is 13.9. The second kappa shape index (κ2) is 6.40. The van der Waals surface area contributed by atoms with E-state index in [2.05, 4.69) is 15.6 Å². The molecule has 0 aromatic heterocycles. The van der Waals surface area contributed by atoms with Gasteiger partial charge in [-0.25, -0.2) is 16.6 Å². The molecule has 0 aromatic rings. The van der Waals surface area contributed by atoms with Crippen LogP contribution >= 0.6 is 0 Å². The predicted octanol–water partition coefficient (Wildman–Crippen LogP) is -3.49. The molecule has 0 aliphatic rings. The Kier molecular flexibility index (Phi) is 5.93. The lowest BCUT2D eigenvalue weighted by Crippen LogP contribution is -2.52. The summed E-state index contributed by atoms with van der Waals surface area (Å²) >= 11 is 0. The van der Waals surface area contributed by atoms with Crippen molar-refractivity contribution in [1.29, 1.82) is 0 Å². The van der Waals surface area contributed by atoms with Crippen molar-refractivity contribution in [2.75, 3.05) is 0 Å². The number of aliphatic carboxylic acids is 1. The minimum Gasteiger partial charge on any atom is -0.479 e. The standard InChI is InChI=1S/C6H12N2O7/c7-14-2(1-9)5(15-8)3(10)4(11)6(12)13/h1-5,10-11H,7-8H2,(H,12,13). The number of carbonyl (C=O) groups excluding carboxylic acids is 1. The summed E-state index contributed by atoms with van der Waals surface area (Å²) < 4.78 is 0. The first-order chi connectivity index (χ1) is 6.99. The van der Waals surface area contributed by atoms with Gasteiger partial charge in [-0.2, -0.15) is 0 Å². The Bertz CT molecular complexity index is 224. The number of carbonyl (C=O) groups is 2. The van der Waals surface area contributed by atoms with Crippen molar-refractivity contribution < 1.29 is 34.6 Å². The van der Waals surface area contributed by atoms with Crippen LogP contribution in [-0.4, -0.2) is 52.0 Å². The SMILES string of the molecule is NOC(C=O)C(ON)C(O)C(O)C(=O)O. The van der Waals surface area contributed by atoms with Crippen LogP contribution in [0.1, 0.15) is 0 Å². The number of aliphatic hydroxyl groups excluding tert-OH is 2. The topological polar surface area (TPSA) is 165 Å². The van der Waals surface area contributed by atoms with Crippen molar-refractivity contribution in [3.63, 3.8) is 0 Å². The van der Waals surface area contributed by atoms with Crippen LogP contribution in [-0.2, 0) is 19.3 Å². The van der Waals surface area contributed by atoms with Gasteiger partial charge in [0, 0.05) is 0 Å². The first-order valence-electron chi connectivity index (χ1n) is 3.74. The van der Waals surface area contributed by atoms with E-state index in [1.807, 2.05) is 0 Å². The second-order valence-electron chi connectivity index (χ2n) is 2.61. The van der Waals surface area contributed by atoms with Crippen molar-refractivity contribution in [2.45, 2.75) is 24.4 Å². The van der Waals surface area contributed by atoms with Crippen LogP contribution in [0, 0.1) is 0 Å². The molecule has 0 heterocycles. The fraction of sp³-hybridized carbons (Fsp3) is 0.667. The lowest BCUT2D eigenvalue weighted by Gasteiger charge is -2.25. The molecule has 88 valence electrons. The average molecular weight is 224 g/mol. The number of rotatable bonds is 7. The third-order valence-corrected chi connectivity index (χ3v) is 1.69. The number of hydrogen-bond acceptors (Lipinski definition) is 8. The van der Waals surface area contributed by atoms with Gasteiger partial charge in [-0.15, -0.1) is 0 Å². The molecule has 15 heavy (non-hydrogen) atoms. The molecule has 0 spiro atoms. The zero-order chi connectivity index (χ0) is 12.0. The molecule has 0 aliphatic carbocycles. The summed E-state index contributed by atoms with van der Waals surface area (Å²) in [6.07, 6.45) is -7.05. The zero-order valence-electron chi connectivity index (χ0n) is 7.52. The van der Waals surface area contributed by atoms with Gasteiger partial charge in [0.25, 0.3) is 0 Å². The van der Waals surface area contributed by atoms with Gasteiger partial charge in [0.05, 0.1) is 0 Å². The molecule has 0 bridgehead atoms. The van der Waals surface area contributed by atoms with Crippen molar-refractivity contribution in [3.05, 3.63) is 0 Å². The van der Waals surface area contributed by atoms with E-state index in [0.717, 1.165) is 0 Å². The summed E-state index contributed by atoms with van der Waals surface area (Å²) in [5, 5.41) is 26.5. The minimum absolute atomic E-state index is 0.148. The van der Waals surface area contributed by atoms with Crippen LogP contribution in [0.3, 0.4) is 0 Å². The van der Waals surface area contributed by atoms with Crippen LogP contribution < -0.4 is 11.8 Å². The molecule has 0 aliphatic heterocycles. The molecule has 4 unspecified atom stereocenters. The van der Waals surface area contributed by atoms with Crippen LogP contribution in [0.5, 0.6) is 0 Å². The molecule has 0 radical (unpaired) electrons. The van der Waals surface area contributed by atoms with Gasteiger partial charge in [-0.3, -0.25) is 9.68 Å². The summed E-state index contributed by atoms with van der Waals surface area (Å²) in [7, 11) is 0. The summed E-state index contributed by atoms with van der Waals surface area (Å²) in [4.78, 5) is 28.8. The van der Waals surface area contributed by atoms with E-state index in [1.54, 1.807) is 0 Å². The van der Waals surface area contributed by atoms with Crippen molar-refractivity contribution in [3.8, 4) is 0 Å². The molecule has 0 saturated heterocycles. The molecular weight excluding hydrogens is 212 g/mol. The van der Waals surface area contributed by atoms with Crippen LogP contribution in [0.25, 0.3) is 0 Å². The maximum Gasteiger partial charge on any atom is 0.335 e. The largest absolute Gasteiger partial charge is 0.479 e. The molecule has 0 aromatic carbocycles. The molecule has 0 amide bonds. The summed E-state index contributed by atoms with van der Waals surface area (Å²) in [5.41, 5.74) is 0. The number of carboxylic acids is 1. The minimum atomic E-state index is -2.17. The highest BCUT2D eigenvalue weighted by atomic mass is 16.7. The van der Waals surface area contributed by atoms with Gasteiger partial charge in [0.15, 0.2) is 18.5 Å². The van der Waals surface area contributed by atoms with Crippen LogP contribution in [0.15, 0.2) is 0 Å². The Labute approximate surface area is 84.1 Å². The van der Waals surface area contributed by atoms with E-state index in [1.165, 1.54) is 0 Å². The third-order valence-electron chi connectivity index (χ3n) is 1.69. The Morgan fingerprint density at radius 2 is 1.80 bits per heavy atom. The summed E-state index contributed by atoms with van der Waals surface area (Å²) in [5.74, 6) is 7.67. The smallest absolute Gasteiger partial charge is 0.335 e. The van der Waals surface area contributed by atoms with E-state index in [-0.39, 0.29) is 6.29 Å². The first-order valence-corrected chi connectivity index (χ1v) is 3.74.